The Morgan fingerprint density at radius 1 is 0.191 bits per heavy atom. The van der Waals surface area contributed by atoms with Crippen LogP contribution in [0.3, 0.4) is 0 Å². The lowest BCUT2D eigenvalue weighted by atomic mass is 10.0. The van der Waals surface area contributed by atoms with Crippen LogP contribution in [0.4, 0.5) is 0 Å². The maximum atomic E-state index is 12.1. The van der Waals surface area contributed by atoms with Gasteiger partial charge in [-0.3, -0.25) is 4.79 Å². The van der Waals surface area contributed by atoms with E-state index in [-0.39, 0.29) is 5.97 Å². The molecule has 0 aliphatic heterocycles. The molecular formula is C66H132O2. The number of rotatable bonds is 63. The molecule has 2 nitrogen and oxygen atoms in total. The van der Waals surface area contributed by atoms with Crippen LogP contribution in [0.1, 0.15) is 412 Å². The fourth-order valence-electron chi connectivity index (χ4n) is 10.9. The Labute approximate surface area is 432 Å². The van der Waals surface area contributed by atoms with Gasteiger partial charge in [-0.25, -0.2) is 0 Å². The Bertz CT molecular complexity index is 867. The van der Waals surface area contributed by atoms with E-state index in [1.807, 2.05) is 0 Å². The number of carbonyl (C=O) groups excluding carboxylic acids is 1. The second-order valence-corrected chi connectivity index (χ2v) is 22.8. The maximum Gasteiger partial charge on any atom is 0.305 e. The first-order valence-electron chi connectivity index (χ1n) is 33.0. The zero-order valence-electron chi connectivity index (χ0n) is 47.9. The third kappa shape index (κ3) is 63.5. The molecule has 0 aromatic rings. The Morgan fingerprint density at radius 2 is 0.324 bits per heavy atom. The second-order valence-electron chi connectivity index (χ2n) is 22.8. The van der Waals surface area contributed by atoms with Crippen molar-refractivity contribution >= 4 is 5.97 Å². The second kappa shape index (κ2) is 64.5. The van der Waals surface area contributed by atoms with Gasteiger partial charge in [-0.05, 0) is 12.8 Å². The van der Waals surface area contributed by atoms with Gasteiger partial charge in [0.1, 0.15) is 0 Å². The van der Waals surface area contributed by atoms with Crippen LogP contribution in [0.15, 0.2) is 0 Å². The Hall–Kier alpha value is -0.530. The predicted octanol–water partition coefficient (Wildman–Crippen LogP) is 24.8. The van der Waals surface area contributed by atoms with Crippen LogP contribution >= 0.6 is 0 Å². The van der Waals surface area contributed by atoms with Crippen molar-refractivity contribution in [3.05, 3.63) is 0 Å². The molecule has 0 N–H and O–H groups in total. The van der Waals surface area contributed by atoms with Crippen molar-refractivity contribution in [2.24, 2.45) is 0 Å². The summed E-state index contributed by atoms with van der Waals surface area (Å²) >= 11 is 0. The zero-order valence-corrected chi connectivity index (χ0v) is 47.9. The SMILES string of the molecule is CCCCCCCCCCCCCCCCCCCCCCCCCCCCCCCCCCCCC(=O)OCCCCCCCCCCCCCCCCCCCCCCCCCCCCC. The molecule has 0 radical (unpaired) electrons. The van der Waals surface area contributed by atoms with Crippen LogP contribution in [0.2, 0.25) is 0 Å². The molecule has 0 amide bonds. The highest BCUT2D eigenvalue weighted by atomic mass is 16.5. The van der Waals surface area contributed by atoms with Gasteiger partial charge in [0.15, 0.2) is 0 Å². The smallest absolute Gasteiger partial charge is 0.305 e. The molecule has 0 aromatic heterocycles. The molecule has 0 unspecified atom stereocenters. The third-order valence-electron chi connectivity index (χ3n) is 15.7. The lowest BCUT2D eigenvalue weighted by Gasteiger charge is -2.06. The van der Waals surface area contributed by atoms with Gasteiger partial charge in [0.2, 0.25) is 0 Å². The van der Waals surface area contributed by atoms with Crippen LogP contribution in [0.25, 0.3) is 0 Å². The van der Waals surface area contributed by atoms with Crippen molar-refractivity contribution in [2.75, 3.05) is 6.61 Å². The molecule has 0 spiro atoms. The summed E-state index contributed by atoms with van der Waals surface area (Å²) < 4.78 is 5.53. The van der Waals surface area contributed by atoms with Gasteiger partial charge in [0.05, 0.1) is 6.61 Å². The molecule has 0 saturated carbocycles. The van der Waals surface area contributed by atoms with Crippen LogP contribution in [0, 0.1) is 0 Å². The van der Waals surface area contributed by atoms with Crippen LogP contribution < -0.4 is 0 Å². The van der Waals surface area contributed by atoms with E-state index in [1.165, 1.54) is 379 Å². The highest BCUT2D eigenvalue weighted by Crippen LogP contribution is 2.19. The summed E-state index contributed by atoms with van der Waals surface area (Å²) in [5, 5.41) is 0. The monoisotopic (exact) mass is 957 g/mol. The minimum Gasteiger partial charge on any atom is -0.466 e. The summed E-state index contributed by atoms with van der Waals surface area (Å²) in [6, 6.07) is 0. The van der Waals surface area contributed by atoms with Crippen molar-refractivity contribution in [2.45, 2.75) is 412 Å². The first-order chi connectivity index (χ1) is 33.8. The van der Waals surface area contributed by atoms with E-state index in [9.17, 15) is 4.79 Å². The predicted molar refractivity (Wildman–Crippen MR) is 309 cm³/mol. The topological polar surface area (TPSA) is 26.3 Å². The Balaban J connectivity index is 3.14. The number of hydrogen-bond donors (Lipinski definition) is 0. The van der Waals surface area contributed by atoms with E-state index < -0.39 is 0 Å². The van der Waals surface area contributed by atoms with E-state index in [2.05, 4.69) is 13.8 Å². The molecule has 0 heterocycles. The van der Waals surface area contributed by atoms with Gasteiger partial charge in [-0.1, -0.05) is 393 Å². The largest absolute Gasteiger partial charge is 0.466 e. The molecule has 0 aliphatic carbocycles. The van der Waals surface area contributed by atoms with Crippen LogP contribution in [0.5, 0.6) is 0 Å². The Kier molecular flexibility index (Phi) is 64.0. The molecule has 0 aromatic carbocycles. The standard InChI is InChI=1S/C66H132O2/c1-3-5-7-9-11-13-15-17-19-21-23-25-27-29-31-32-33-34-35-36-37-38-40-42-44-46-48-50-52-54-56-58-60-62-64-66(67)68-65-63-61-59-57-55-53-51-49-47-45-43-41-39-30-28-26-24-22-20-18-16-14-12-10-8-6-4-2/h3-65H2,1-2H3. The van der Waals surface area contributed by atoms with Gasteiger partial charge in [0.25, 0.3) is 0 Å². The maximum absolute atomic E-state index is 12.1. The van der Waals surface area contributed by atoms with E-state index in [1.54, 1.807) is 0 Å². The molecule has 0 atom stereocenters. The minimum atomic E-state index is 0.0377. The molecule has 0 aliphatic rings. The summed E-state index contributed by atoms with van der Waals surface area (Å²) in [6.07, 6.45) is 87.7. The Morgan fingerprint density at radius 3 is 0.485 bits per heavy atom. The summed E-state index contributed by atoms with van der Waals surface area (Å²) in [4.78, 5) is 12.1. The van der Waals surface area contributed by atoms with Gasteiger partial charge < -0.3 is 4.74 Å². The van der Waals surface area contributed by atoms with Crippen molar-refractivity contribution < 1.29 is 9.53 Å². The first-order valence-corrected chi connectivity index (χ1v) is 33.0. The molecule has 408 valence electrons. The highest BCUT2D eigenvalue weighted by molar-refractivity contribution is 5.69. The molecule has 68 heavy (non-hydrogen) atoms. The number of unbranched alkanes of at least 4 members (excludes halogenated alkanes) is 59. The van der Waals surface area contributed by atoms with Crippen molar-refractivity contribution in [1.29, 1.82) is 0 Å². The average molecular weight is 958 g/mol. The fourth-order valence-corrected chi connectivity index (χ4v) is 10.9. The minimum absolute atomic E-state index is 0.0377. The highest BCUT2D eigenvalue weighted by Gasteiger charge is 2.04. The molecule has 0 bridgehead atoms. The quantitative estimate of drug-likeness (QED) is 0.0449. The van der Waals surface area contributed by atoms with E-state index in [0.29, 0.717) is 13.0 Å². The van der Waals surface area contributed by atoms with Crippen LogP contribution in [-0.4, -0.2) is 12.6 Å². The summed E-state index contributed by atoms with van der Waals surface area (Å²) in [5.74, 6) is 0.0377. The summed E-state index contributed by atoms with van der Waals surface area (Å²) in [7, 11) is 0. The van der Waals surface area contributed by atoms with Gasteiger partial charge >= 0.3 is 5.97 Å². The number of hydrogen-bond acceptors (Lipinski definition) is 2. The zero-order chi connectivity index (χ0) is 48.8. The van der Waals surface area contributed by atoms with Crippen molar-refractivity contribution in [3.8, 4) is 0 Å². The normalized spacial score (nSPS) is 11.6. The van der Waals surface area contributed by atoms with E-state index in [0.717, 1.165) is 12.8 Å². The lowest BCUT2D eigenvalue weighted by molar-refractivity contribution is -0.143. The first kappa shape index (κ1) is 67.5. The van der Waals surface area contributed by atoms with Gasteiger partial charge in [0, 0.05) is 6.42 Å². The average Bonchev–Trinajstić information content (AvgIpc) is 3.35. The van der Waals surface area contributed by atoms with Gasteiger partial charge in [-0.2, -0.15) is 0 Å². The number of ether oxygens (including phenoxy) is 1. The number of carbonyl (C=O) groups is 1. The summed E-state index contributed by atoms with van der Waals surface area (Å²) in [5.41, 5.74) is 0. The summed E-state index contributed by atoms with van der Waals surface area (Å²) in [6.45, 7) is 5.25. The molecule has 2 heteroatoms. The van der Waals surface area contributed by atoms with E-state index in [4.69, 9.17) is 4.74 Å². The van der Waals surface area contributed by atoms with Crippen LogP contribution in [-0.2, 0) is 9.53 Å². The van der Waals surface area contributed by atoms with Crippen molar-refractivity contribution in [1.82, 2.24) is 0 Å². The third-order valence-corrected chi connectivity index (χ3v) is 15.7. The van der Waals surface area contributed by atoms with E-state index >= 15 is 0 Å². The van der Waals surface area contributed by atoms with Crippen molar-refractivity contribution in [3.63, 3.8) is 0 Å². The molecule has 0 fully saturated rings. The number of esters is 1. The fraction of sp³-hybridized carbons (Fsp3) is 0.985. The molecule has 0 saturated heterocycles. The lowest BCUT2D eigenvalue weighted by Crippen LogP contribution is -2.05. The van der Waals surface area contributed by atoms with Gasteiger partial charge in [-0.15, -0.1) is 0 Å². The molecule has 0 rings (SSSR count). The molecular weight excluding hydrogens is 825 g/mol.